The van der Waals surface area contributed by atoms with Crippen LogP contribution in [-0.4, -0.2) is 10.1 Å². The predicted octanol–water partition coefficient (Wildman–Crippen LogP) is 3.42. The van der Waals surface area contributed by atoms with E-state index in [1.165, 1.54) is 0 Å². The van der Waals surface area contributed by atoms with Crippen LogP contribution < -0.4 is 10.5 Å². The van der Waals surface area contributed by atoms with Crippen molar-refractivity contribution in [2.75, 3.05) is 4.90 Å². The highest BCUT2D eigenvalue weighted by Crippen LogP contribution is 2.33. The van der Waals surface area contributed by atoms with E-state index in [-0.39, 0.29) is 11.3 Å². The lowest BCUT2D eigenvalue weighted by molar-refractivity contribution is 0.475. The van der Waals surface area contributed by atoms with Gasteiger partial charge in [0.1, 0.15) is 5.75 Å². The molecule has 22 heavy (non-hydrogen) atoms. The van der Waals surface area contributed by atoms with Crippen molar-refractivity contribution in [2.45, 2.75) is 6.54 Å². The number of nitrogens with one attached hydrogen (secondary N) is 1. The molecule has 4 heteroatoms. The zero-order chi connectivity index (χ0) is 15.4. The van der Waals surface area contributed by atoms with Gasteiger partial charge in [0, 0.05) is 17.4 Å². The number of phenols is 1. The van der Waals surface area contributed by atoms with E-state index in [1.807, 2.05) is 47.4 Å². The first-order chi connectivity index (χ1) is 10.8. The summed E-state index contributed by atoms with van der Waals surface area (Å²) in [6, 6.07) is 20.4. The molecule has 0 aliphatic rings. The van der Waals surface area contributed by atoms with Gasteiger partial charge < -0.3 is 15.0 Å². The fourth-order valence-corrected chi connectivity index (χ4v) is 2.37. The molecule has 3 aromatic rings. The van der Waals surface area contributed by atoms with Crippen molar-refractivity contribution < 1.29 is 5.11 Å². The topological polar surface area (TPSA) is 56.3 Å². The van der Waals surface area contributed by atoms with E-state index in [0.29, 0.717) is 17.8 Å². The molecule has 1 heterocycles. The number of benzene rings is 2. The van der Waals surface area contributed by atoms with Crippen molar-refractivity contribution in [3.8, 4) is 5.75 Å². The molecule has 0 aliphatic heterocycles. The van der Waals surface area contributed by atoms with E-state index in [9.17, 15) is 9.90 Å². The summed E-state index contributed by atoms with van der Waals surface area (Å²) in [6.45, 7) is 0.373. The maximum absolute atomic E-state index is 12.0. The first kappa shape index (κ1) is 13.9. The molecular weight excluding hydrogens is 276 g/mol. The highest BCUT2D eigenvalue weighted by atomic mass is 16.3. The first-order valence-corrected chi connectivity index (χ1v) is 7.03. The van der Waals surface area contributed by atoms with Gasteiger partial charge >= 0.3 is 0 Å². The first-order valence-electron chi connectivity index (χ1n) is 7.03. The second kappa shape index (κ2) is 6.18. The standard InChI is InChI=1S/C18H16N2O2/c21-17-11-5-4-10-16(17)20(15-8-2-1-3-9-15)13-14-7-6-12-19-18(14)22/h1-12,21H,13H2,(H,19,22). The Balaban J connectivity index is 2.06. The van der Waals surface area contributed by atoms with Crippen molar-refractivity contribution in [3.63, 3.8) is 0 Å². The highest BCUT2D eigenvalue weighted by molar-refractivity contribution is 5.68. The minimum Gasteiger partial charge on any atom is -0.506 e. The molecule has 3 rings (SSSR count). The van der Waals surface area contributed by atoms with Gasteiger partial charge in [0.2, 0.25) is 0 Å². The van der Waals surface area contributed by atoms with Gasteiger partial charge in [-0.1, -0.05) is 36.4 Å². The van der Waals surface area contributed by atoms with E-state index >= 15 is 0 Å². The Morgan fingerprint density at radius 2 is 1.64 bits per heavy atom. The van der Waals surface area contributed by atoms with Crippen LogP contribution in [0.2, 0.25) is 0 Å². The van der Waals surface area contributed by atoms with E-state index in [4.69, 9.17) is 0 Å². The molecule has 110 valence electrons. The van der Waals surface area contributed by atoms with Crippen LogP contribution in [0, 0.1) is 0 Å². The number of aromatic amines is 1. The highest BCUT2D eigenvalue weighted by Gasteiger charge is 2.14. The number of pyridine rings is 1. The summed E-state index contributed by atoms with van der Waals surface area (Å²) >= 11 is 0. The molecule has 2 aromatic carbocycles. The van der Waals surface area contributed by atoms with E-state index in [1.54, 1.807) is 30.5 Å². The fourth-order valence-electron chi connectivity index (χ4n) is 2.37. The number of aromatic nitrogens is 1. The van der Waals surface area contributed by atoms with Crippen molar-refractivity contribution in [1.82, 2.24) is 4.98 Å². The Bertz CT molecular complexity index is 812. The molecular formula is C18H16N2O2. The van der Waals surface area contributed by atoms with Crippen LogP contribution in [0.3, 0.4) is 0 Å². The Hall–Kier alpha value is -3.01. The van der Waals surface area contributed by atoms with E-state index in [0.717, 1.165) is 5.69 Å². The molecule has 0 unspecified atom stereocenters. The van der Waals surface area contributed by atoms with Gasteiger partial charge in [-0.15, -0.1) is 0 Å². The van der Waals surface area contributed by atoms with Crippen LogP contribution in [-0.2, 0) is 6.54 Å². The second-order valence-corrected chi connectivity index (χ2v) is 4.93. The number of para-hydroxylation sites is 3. The van der Waals surface area contributed by atoms with Crippen LogP contribution in [0.1, 0.15) is 5.56 Å². The molecule has 0 bridgehead atoms. The van der Waals surface area contributed by atoms with Crippen molar-refractivity contribution >= 4 is 11.4 Å². The number of phenolic OH excluding ortho intramolecular Hbond substituents is 1. The summed E-state index contributed by atoms with van der Waals surface area (Å²) in [5.74, 6) is 0.179. The average Bonchev–Trinajstić information content (AvgIpc) is 2.56. The van der Waals surface area contributed by atoms with Crippen LogP contribution in [0.4, 0.5) is 11.4 Å². The summed E-state index contributed by atoms with van der Waals surface area (Å²) in [7, 11) is 0. The largest absolute Gasteiger partial charge is 0.506 e. The molecule has 0 saturated carbocycles. The number of hydrogen-bond donors (Lipinski definition) is 2. The molecule has 2 N–H and O–H groups in total. The third-order valence-electron chi connectivity index (χ3n) is 3.47. The summed E-state index contributed by atoms with van der Waals surface area (Å²) in [5, 5.41) is 10.2. The Morgan fingerprint density at radius 3 is 2.36 bits per heavy atom. The second-order valence-electron chi connectivity index (χ2n) is 4.93. The zero-order valence-electron chi connectivity index (χ0n) is 11.9. The Labute approximate surface area is 128 Å². The molecule has 1 aromatic heterocycles. The molecule has 0 atom stereocenters. The average molecular weight is 292 g/mol. The molecule has 0 fully saturated rings. The van der Waals surface area contributed by atoms with Crippen molar-refractivity contribution in [1.29, 1.82) is 0 Å². The molecule has 0 radical (unpaired) electrons. The third kappa shape index (κ3) is 2.86. The molecule has 0 aliphatic carbocycles. The Kier molecular flexibility index (Phi) is 3.92. The van der Waals surface area contributed by atoms with Gasteiger partial charge in [-0.25, -0.2) is 0 Å². The number of aromatic hydroxyl groups is 1. The summed E-state index contributed by atoms with van der Waals surface area (Å²) in [5.41, 5.74) is 2.08. The lowest BCUT2D eigenvalue weighted by Crippen LogP contribution is -2.22. The fraction of sp³-hybridized carbons (Fsp3) is 0.0556. The van der Waals surface area contributed by atoms with Gasteiger partial charge in [0.25, 0.3) is 5.56 Å². The smallest absolute Gasteiger partial charge is 0.252 e. The maximum atomic E-state index is 12.0. The molecule has 0 amide bonds. The number of H-pyrrole nitrogens is 1. The maximum Gasteiger partial charge on any atom is 0.252 e. The minimum atomic E-state index is -0.126. The van der Waals surface area contributed by atoms with E-state index in [2.05, 4.69) is 4.98 Å². The molecule has 0 spiro atoms. The Morgan fingerprint density at radius 1 is 0.909 bits per heavy atom. The number of hydrogen-bond acceptors (Lipinski definition) is 3. The van der Waals surface area contributed by atoms with Crippen LogP contribution in [0.5, 0.6) is 5.75 Å². The van der Waals surface area contributed by atoms with Crippen molar-refractivity contribution in [2.24, 2.45) is 0 Å². The van der Waals surface area contributed by atoms with Gasteiger partial charge in [-0.05, 0) is 30.3 Å². The lowest BCUT2D eigenvalue weighted by atomic mass is 10.2. The molecule has 0 saturated heterocycles. The summed E-state index contributed by atoms with van der Waals surface area (Å²) < 4.78 is 0. The van der Waals surface area contributed by atoms with Crippen LogP contribution in [0.25, 0.3) is 0 Å². The normalized spacial score (nSPS) is 10.4. The number of anilines is 2. The summed E-state index contributed by atoms with van der Waals surface area (Å²) in [4.78, 5) is 16.6. The SMILES string of the molecule is O=c1[nH]cccc1CN(c1ccccc1)c1ccccc1O. The van der Waals surface area contributed by atoms with Gasteiger partial charge in [0.15, 0.2) is 0 Å². The zero-order valence-corrected chi connectivity index (χ0v) is 11.9. The predicted molar refractivity (Wildman–Crippen MR) is 87.5 cm³/mol. The summed E-state index contributed by atoms with van der Waals surface area (Å²) in [6.07, 6.45) is 1.61. The third-order valence-corrected chi connectivity index (χ3v) is 3.47. The lowest BCUT2D eigenvalue weighted by Gasteiger charge is -2.25. The quantitative estimate of drug-likeness (QED) is 0.774. The van der Waals surface area contributed by atoms with Crippen LogP contribution >= 0.6 is 0 Å². The molecule has 4 nitrogen and oxygen atoms in total. The van der Waals surface area contributed by atoms with Crippen molar-refractivity contribution in [3.05, 3.63) is 88.8 Å². The number of nitrogens with zero attached hydrogens (tertiary/aromatic N) is 1. The van der Waals surface area contributed by atoms with Crippen LogP contribution in [0.15, 0.2) is 77.7 Å². The monoisotopic (exact) mass is 292 g/mol. The van der Waals surface area contributed by atoms with Gasteiger partial charge in [-0.3, -0.25) is 4.79 Å². The minimum absolute atomic E-state index is 0.126. The van der Waals surface area contributed by atoms with Gasteiger partial charge in [0.05, 0.1) is 12.2 Å². The van der Waals surface area contributed by atoms with E-state index < -0.39 is 0 Å². The van der Waals surface area contributed by atoms with Gasteiger partial charge in [-0.2, -0.15) is 0 Å². The number of rotatable bonds is 4.